The minimum Gasteiger partial charge on any atom is -0.471 e. The molecule has 2 aliphatic carbocycles. The van der Waals surface area contributed by atoms with Crippen LogP contribution in [0.25, 0.3) is 11.0 Å². The summed E-state index contributed by atoms with van der Waals surface area (Å²) >= 11 is 0. The van der Waals surface area contributed by atoms with Crippen LogP contribution in [0.2, 0.25) is 0 Å². The van der Waals surface area contributed by atoms with Crippen LogP contribution in [0.3, 0.4) is 0 Å². The molecule has 0 radical (unpaired) electrons. The van der Waals surface area contributed by atoms with Gasteiger partial charge in [-0.05, 0) is 64.5 Å². The zero-order chi connectivity index (χ0) is 39.3. The van der Waals surface area contributed by atoms with Crippen LogP contribution in [0.4, 0.5) is 8.78 Å². The molecule has 2 aliphatic heterocycles. The van der Waals surface area contributed by atoms with E-state index < -0.39 is 86.0 Å². The van der Waals surface area contributed by atoms with E-state index in [1.165, 1.54) is 11.0 Å². The number of alkyl halides is 2. The fourth-order valence-electron chi connectivity index (χ4n) is 7.21. The Morgan fingerprint density at radius 1 is 1.07 bits per heavy atom. The Hall–Kier alpha value is -5.00. The maximum absolute atomic E-state index is 14.9. The molecular formula is C37H43F2N7O8S. The number of allylic oxidation sites excluding steroid dienone is 1. The SMILES string of the molecule is Cc1onc(C(=O)N[C@H]2CCCCCC=C[C@@H]3C[C@@]3(C(=O)NS(=O)(=O)C3CC3)NC(=O)[C@@H]3C[C@@H](Oc4nc5ccccc5nc4C(C)(F)F)CN3C2=O)c1C. The molecule has 294 valence electrons. The average Bonchev–Trinajstić information content (AvgIpc) is 4.04. The predicted molar refractivity (Wildman–Crippen MR) is 192 cm³/mol. The van der Waals surface area contributed by atoms with Gasteiger partial charge in [0.1, 0.15) is 29.5 Å². The highest BCUT2D eigenvalue weighted by Gasteiger charge is 2.62. The number of ether oxygens (including phenoxy) is 1. The Bertz CT molecular complexity index is 2170. The number of amides is 4. The second-order valence-electron chi connectivity index (χ2n) is 15.0. The van der Waals surface area contributed by atoms with Gasteiger partial charge in [0.25, 0.3) is 17.7 Å². The molecule has 4 amide bonds. The van der Waals surface area contributed by atoms with Crippen LogP contribution in [0.1, 0.15) is 92.2 Å². The fourth-order valence-corrected chi connectivity index (χ4v) is 8.58. The monoisotopic (exact) mass is 783 g/mol. The van der Waals surface area contributed by atoms with Crippen molar-refractivity contribution in [2.24, 2.45) is 5.92 Å². The number of para-hydroxylation sites is 2. The number of aryl methyl sites for hydroxylation is 1. The summed E-state index contributed by atoms with van der Waals surface area (Å²) in [5.41, 5.74) is -1.34. The lowest BCUT2D eigenvalue weighted by Gasteiger charge is -2.29. The number of carbonyl (C=O) groups excluding carboxylic acids is 4. The molecule has 2 saturated carbocycles. The van der Waals surface area contributed by atoms with E-state index >= 15 is 0 Å². The number of rotatable bonds is 8. The molecule has 4 aliphatic rings. The van der Waals surface area contributed by atoms with Crippen LogP contribution in [0, 0.1) is 19.8 Å². The van der Waals surface area contributed by atoms with E-state index in [1.54, 1.807) is 38.1 Å². The van der Waals surface area contributed by atoms with Gasteiger partial charge in [-0.25, -0.2) is 18.4 Å². The second-order valence-corrected chi connectivity index (χ2v) is 16.9. The first-order valence-corrected chi connectivity index (χ1v) is 20.0. The lowest BCUT2D eigenvalue weighted by Crippen LogP contribution is -2.58. The molecular weight excluding hydrogens is 741 g/mol. The number of halogens is 2. The van der Waals surface area contributed by atoms with E-state index in [0.29, 0.717) is 50.4 Å². The molecule has 2 aromatic heterocycles. The van der Waals surface area contributed by atoms with Gasteiger partial charge >= 0.3 is 0 Å². The van der Waals surface area contributed by atoms with E-state index in [1.807, 2.05) is 6.08 Å². The number of fused-ring (bicyclic) bond motifs is 3. The number of hydrogen-bond acceptors (Lipinski definition) is 11. The number of carbonyl (C=O) groups is 4. The number of benzene rings is 1. The smallest absolute Gasteiger partial charge is 0.292 e. The van der Waals surface area contributed by atoms with Gasteiger partial charge in [0.05, 0.1) is 22.8 Å². The number of sulfonamides is 1. The van der Waals surface area contributed by atoms with Gasteiger partial charge in [-0.1, -0.05) is 42.3 Å². The molecule has 7 rings (SSSR count). The highest BCUT2D eigenvalue weighted by Crippen LogP contribution is 2.46. The van der Waals surface area contributed by atoms with E-state index in [-0.39, 0.29) is 42.5 Å². The Balaban J connectivity index is 1.22. The van der Waals surface area contributed by atoms with Crippen LogP contribution in [0.15, 0.2) is 40.9 Å². The maximum atomic E-state index is 14.9. The van der Waals surface area contributed by atoms with Gasteiger partial charge in [-0.3, -0.25) is 23.9 Å². The van der Waals surface area contributed by atoms with Crippen molar-refractivity contribution >= 4 is 44.7 Å². The van der Waals surface area contributed by atoms with Crippen molar-refractivity contribution in [1.82, 2.24) is 35.4 Å². The summed E-state index contributed by atoms with van der Waals surface area (Å²) in [7, 11) is -3.96. The van der Waals surface area contributed by atoms with Crippen LogP contribution in [-0.4, -0.2) is 87.6 Å². The third-order valence-electron chi connectivity index (χ3n) is 10.8. The van der Waals surface area contributed by atoms with Crippen molar-refractivity contribution in [3.8, 4) is 5.88 Å². The Kier molecular flexibility index (Phi) is 10.1. The first-order chi connectivity index (χ1) is 26.1. The van der Waals surface area contributed by atoms with E-state index in [9.17, 15) is 36.4 Å². The van der Waals surface area contributed by atoms with Crippen molar-refractivity contribution in [2.45, 2.75) is 113 Å². The molecule has 1 saturated heterocycles. The van der Waals surface area contributed by atoms with Gasteiger partial charge in [-0.15, -0.1) is 0 Å². The van der Waals surface area contributed by atoms with Crippen molar-refractivity contribution in [2.75, 3.05) is 6.54 Å². The topological polar surface area (TPSA) is 203 Å². The van der Waals surface area contributed by atoms with Crippen LogP contribution >= 0.6 is 0 Å². The van der Waals surface area contributed by atoms with E-state index in [0.717, 1.165) is 6.42 Å². The highest BCUT2D eigenvalue weighted by molar-refractivity contribution is 7.91. The number of hydrogen-bond donors (Lipinski definition) is 3. The molecule has 3 N–H and O–H groups in total. The third kappa shape index (κ3) is 7.91. The first kappa shape index (κ1) is 38.3. The van der Waals surface area contributed by atoms with E-state index in [2.05, 4.69) is 30.5 Å². The summed E-state index contributed by atoms with van der Waals surface area (Å²) in [6, 6.07) is 3.97. The summed E-state index contributed by atoms with van der Waals surface area (Å²) in [5.74, 6) is -6.97. The Morgan fingerprint density at radius 3 is 2.47 bits per heavy atom. The van der Waals surface area contributed by atoms with Crippen molar-refractivity contribution in [1.29, 1.82) is 0 Å². The molecule has 55 heavy (non-hydrogen) atoms. The zero-order valence-corrected chi connectivity index (χ0v) is 31.5. The third-order valence-corrected chi connectivity index (χ3v) is 12.6. The highest BCUT2D eigenvalue weighted by atomic mass is 32.2. The van der Waals surface area contributed by atoms with Crippen LogP contribution in [0.5, 0.6) is 5.88 Å². The van der Waals surface area contributed by atoms with Gasteiger partial charge in [0, 0.05) is 24.8 Å². The summed E-state index contributed by atoms with van der Waals surface area (Å²) in [6.45, 7) is 3.70. The lowest BCUT2D eigenvalue weighted by molar-refractivity contribution is -0.141. The second kappa shape index (κ2) is 14.6. The summed E-state index contributed by atoms with van der Waals surface area (Å²) in [6.07, 6.45) is 6.17. The molecule has 3 fully saturated rings. The quantitative estimate of drug-likeness (QED) is 0.282. The molecule has 1 aromatic carbocycles. The van der Waals surface area contributed by atoms with Gasteiger partial charge < -0.3 is 24.8 Å². The molecule has 5 atom stereocenters. The summed E-state index contributed by atoms with van der Waals surface area (Å²) in [4.78, 5) is 65.7. The minimum atomic E-state index is -3.96. The van der Waals surface area contributed by atoms with Crippen molar-refractivity contribution < 1.29 is 45.6 Å². The minimum absolute atomic E-state index is 0.0000322. The number of aromatic nitrogens is 3. The fraction of sp³-hybridized carbons (Fsp3) is 0.541. The Labute approximate surface area is 316 Å². The largest absolute Gasteiger partial charge is 0.471 e. The zero-order valence-electron chi connectivity index (χ0n) is 30.6. The van der Waals surface area contributed by atoms with Crippen molar-refractivity contribution in [3.05, 3.63) is 59.1 Å². The van der Waals surface area contributed by atoms with Crippen LogP contribution in [-0.2, 0) is 30.3 Å². The van der Waals surface area contributed by atoms with Gasteiger partial charge in [0.2, 0.25) is 27.7 Å². The molecule has 15 nitrogen and oxygen atoms in total. The normalized spacial score (nSPS) is 26.3. The lowest BCUT2D eigenvalue weighted by atomic mass is 10.0. The molecule has 4 heterocycles. The molecule has 0 spiro atoms. The van der Waals surface area contributed by atoms with Gasteiger partial charge in [-0.2, -0.15) is 8.78 Å². The summed E-state index contributed by atoms with van der Waals surface area (Å²) in [5, 5.41) is 8.70. The molecule has 18 heteroatoms. The maximum Gasteiger partial charge on any atom is 0.292 e. The average molecular weight is 784 g/mol. The molecule has 0 bridgehead atoms. The van der Waals surface area contributed by atoms with E-state index in [4.69, 9.17) is 9.26 Å². The van der Waals surface area contributed by atoms with Gasteiger partial charge in [0.15, 0.2) is 11.4 Å². The van der Waals surface area contributed by atoms with Crippen LogP contribution < -0.4 is 20.1 Å². The van der Waals surface area contributed by atoms with Crippen molar-refractivity contribution in [3.63, 3.8) is 0 Å². The number of nitrogens with zero attached hydrogens (tertiary/aromatic N) is 4. The molecule has 3 aromatic rings. The standard InChI is InChI=1S/C37H43F2N7O8S/c1-20-21(2)54-44-29(20)32(48)41-27-14-8-6-4-5-7-11-22-18-37(22,35(50)45-55(51,52)24-15-16-24)43-31(47)28-17-23(19-46(28)34(27)49)53-33-30(36(3,38)39)40-25-12-9-10-13-26(25)42-33/h7,9-13,22-24,27-28H,4-6,8,14-19H2,1-3H3,(H,41,48)(H,43,47)(H,45,50)/t22-,23-,27+,28+,37-/m1/s1. The predicted octanol–water partition coefficient (Wildman–Crippen LogP) is 3.50. The Morgan fingerprint density at radius 2 is 1.80 bits per heavy atom. The molecule has 0 unspecified atom stereocenters. The first-order valence-electron chi connectivity index (χ1n) is 18.5. The number of nitrogens with one attached hydrogen (secondary N) is 3. The summed E-state index contributed by atoms with van der Waals surface area (Å²) < 4.78 is 68.9.